The third-order valence-electron chi connectivity index (χ3n) is 3.55. The minimum absolute atomic E-state index is 0.200. The van der Waals surface area contributed by atoms with E-state index in [0.29, 0.717) is 6.54 Å². The second-order valence-electron chi connectivity index (χ2n) is 5.41. The number of carboxylic acid groups (broad SMARTS) is 1. The highest BCUT2D eigenvalue weighted by atomic mass is 16.4. The van der Waals surface area contributed by atoms with Crippen molar-refractivity contribution in [3.63, 3.8) is 0 Å². The minimum atomic E-state index is -0.960. The van der Waals surface area contributed by atoms with Gasteiger partial charge in [-0.05, 0) is 43.0 Å². The quantitative estimate of drug-likeness (QED) is 0.815. The lowest BCUT2D eigenvalue weighted by molar-refractivity contribution is -0.139. The minimum Gasteiger partial charge on any atom is -0.481 e. The summed E-state index contributed by atoms with van der Waals surface area (Å²) in [5, 5.41) is 18.2. The number of hydrogen-bond acceptors (Lipinski definition) is 3. The van der Waals surface area contributed by atoms with Crippen LogP contribution in [0.5, 0.6) is 0 Å². The van der Waals surface area contributed by atoms with Gasteiger partial charge in [0.05, 0.1) is 12.5 Å². The summed E-state index contributed by atoms with van der Waals surface area (Å²) in [7, 11) is 1.90. The lowest BCUT2D eigenvalue weighted by atomic mass is 10.1. The van der Waals surface area contributed by atoms with E-state index in [4.69, 9.17) is 5.11 Å². The summed E-state index contributed by atoms with van der Waals surface area (Å²) in [4.78, 5) is 12.5. The molecule has 0 amide bonds. The molecule has 1 aliphatic carbocycles. The normalized spacial score (nSPS) is 15.5. The molecule has 0 saturated heterocycles. The zero-order chi connectivity index (χ0) is 13.8. The Morgan fingerprint density at radius 3 is 2.84 bits per heavy atom. The topological polar surface area (TPSA) is 60.8 Å². The molecule has 1 atom stereocenters. The van der Waals surface area contributed by atoms with Crippen LogP contribution < -0.4 is 0 Å². The van der Waals surface area contributed by atoms with E-state index in [1.54, 1.807) is 0 Å². The Bertz CT molecular complexity index is 459. The first-order chi connectivity index (χ1) is 9.04. The van der Waals surface area contributed by atoms with Gasteiger partial charge in [-0.3, -0.25) is 9.69 Å². The van der Waals surface area contributed by atoms with Gasteiger partial charge in [-0.25, -0.2) is 0 Å². The molecule has 2 rings (SSSR count). The Labute approximate surface area is 113 Å². The highest BCUT2D eigenvalue weighted by Gasteiger charge is 2.14. The lowest BCUT2D eigenvalue weighted by Crippen LogP contribution is -2.30. The SMILES string of the molecule is CN(Cc1ccc2c(c1)CCC2)CC(O)CC(=O)O. The summed E-state index contributed by atoms with van der Waals surface area (Å²) in [6, 6.07) is 6.56. The molecule has 1 aromatic carbocycles. The van der Waals surface area contributed by atoms with Gasteiger partial charge in [0.2, 0.25) is 0 Å². The number of fused-ring (bicyclic) bond motifs is 1. The molecular formula is C15H21NO3. The molecule has 0 bridgehead atoms. The number of benzene rings is 1. The van der Waals surface area contributed by atoms with Crippen LogP contribution in [-0.4, -0.2) is 40.8 Å². The van der Waals surface area contributed by atoms with Crippen LogP contribution in [0.15, 0.2) is 18.2 Å². The first kappa shape index (κ1) is 14.0. The van der Waals surface area contributed by atoms with E-state index in [-0.39, 0.29) is 6.42 Å². The van der Waals surface area contributed by atoms with Crippen molar-refractivity contribution in [2.75, 3.05) is 13.6 Å². The summed E-state index contributed by atoms with van der Waals surface area (Å²) in [6.07, 6.45) is 2.58. The van der Waals surface area contributed by atoms with Crippen molar-refractivity contribution in [3.8, 4) is 0 Å². The molecule has 0 fully saturated rings. The van der Waals surface area contributed by atoms with Crippen LogP contribution in [0.4, 0.5) is 0 Å². The third kappa shape index (κ3) is 4.04. The summed E-state index contributed by atoms with van der Waals surface area (Å²) >= 11 is 0. The number of likely N-dealkylation sites (N-methyl/N-ethyl adjacent to an activating group) is 1. The predicted molar refractivity (Wildman–Crippen MR) is 73.1 cm³/mol. The van der Waals surface area contributed by atoms with Crippen LogP contribution >= 0.6 is 0 Å². The van der Waals surface area contributed by atoms with Gasteiger partial charge in [0, 0.05) is 13.1 Å². The Morgan fingerprint density at radius 2 is 2.11 bits per heavy atom. The predicted octanol–water partition coefficient (Wildman–Crippen LogP) is 1.44. The molecule has 0 saturated carbocycles. The fourth-order valence-corrected chi connectivity index (χ4v) is 2.73. The van der Waals surface area contributed by atoms with Gasteiger partial charge in [-0.15, -0.1) is 0 Å². The van der Waals surface area contributed by atoms with Gasteiger partial charge in [0.25, 0.3) is 0 Å². The van der Waals surface area contributed by atoms with Crippen molar-refractivity contribution in [3.05, 3.63) is 34.9 Å². The zero-order valence-electron chi connectivity index (χ0n) is 11.3. The molecule has 0 spiro atoms. The van der Waals surface area contributed by atoms with Gasteiger partial charge in [-0.1, -0.05) is 18.2 Å². The Kier molecular flexibility index (Phi) is 4.56. The molecule has 2 N–H and O–H groups in total. The summed E-state index contributed by atoms with van der Waals surface area (Å²) in [5.74, 6) is -0.960. The Hall–Kier alpha value is -1.39. The number of carbonyl (C=O) groups is 1. The number of aliphatic carboxylic acids is 1. The maximum atomic E-state index is 10.5. The first-order valence-corrected chi connectivity index (χ1v) is 6.73. The monoisotopic (exact) mass is 263 g/mol. The van der Waals surface area contributed by atoms with E-state index in [2.05, 4.69) is 18.2 Å². The fraction of sp³-hybridized carbons (Fsp3) is 0.533. The van der Waals surface area contributed by atoms with Crippen LogP contribution in [0.25, 0.3) is 0 Å². The Morgan fingerprint density at radius 1 is 1.37 bits per heavy atom. The number of nitrogens with zero attached hydrogens (tertiary/aromatic N) is 1. The Balaban J connectivity index is 1.88. The van der Waals surface area contributed by atoms with E-state index in [9.17, 15) is 9.90 Å². The van der Waals surface area contributed by atoms with Crippen molar-refractivity contribution in [2.45, 2.75) is 38.3 Å². The average molecular weight is 263 g/mol. The molecule has 0 heterocycles. The second kappa shape index (κ2) is 6.17. The fourth-order valence-electron chi connectivity index (χ4n) is 2.73. The van der Waals surface area contributed by atoms with Crippen molar-refractivity contribution < 1.29 is 15.0 Å². The molecular weight excluding hydrogens is 242 g/mol. The molecule has 0 aromatic heterocycles. The average Bonchev–Trinajstić information content (AvgIpc) is 2.74. The van der Waals surface area contributed by atoms with Gasteiger partial charge in [0.15, 0.2) is 0 Å². The van der Waals surface area contributed by atoms with E-state index in [1.165, 1.54) is 29.5 Å². The van der Waals surface area contributed by atoms with Gasteiger partial charge in [0.1, 0.15) is 0 Å². The van der Waals surface area contributed by atoms with Crippen molar-refractivity contribution in [1.82, 2.24) is 4.90 Å². The molecule has 0 aliphatic heterocycles. The van der Waals surface area contributed by atoms with Crippen molar-refractivity contribution in [1.29, 1.82) is 0 Å². The highest BCUT2D eigenvalue weighted by Crippen LogP contribution is 2.23. The van der Waals surface area contributed by atoms with E-state index >= 15 is 0 Å². The van der Waals surface area contributed by atoms with Crippen LogP contribution in [0, 0.1) is 0 Å². The number of rotatable bonds is 6. The van der Waals surface area contributed by atoms with Crippen LogP contribution in [0.1, 0.15) is 29.5 Å². The van der Waals surface area contributed by atoms with Crippen molar-refractivity contribution in [2.24, 2.45) is 0 Å². The van der Waals surface area contributed by atoms with Gasteiger partial charge >= 0.3 is 5.97 Å². The number of aliphatic hydroxyl groups is 1. The van der Waals surface area contributed by atoms with Crippen molar-refractivity contribution >= 4 is 5.97 Å². The van der Waals surface area contributed by atoms with E-state index in [0.717, 1.165) is 13.0 Å². The maximum absolute atomic E-state index is 10.5. The largest absolute Gasteiger partial charge is 0.481 e. The molecule has 1 aliphatic rings. The van der Waals surface area contributed by atoms with Gasteiger partial charge in [-0.2, -0.15) is 0 Å². The summed E-state index contributed by atoms with van der Waals surface area (Å²) in [5.41, 5.74) is 4.12. The third-order valence-corrected chi connectivity index (χ3v) is 3.55. The number of hydrogen-bond donors (Lipinski definition) is 2. The first-order valence-electron chi connectivity index (χ1n) is 6.73. The zero-order valence-corrected chi connectivity index (χ0v) is 11.3. The maximum Gasteiger partial charge on any atom is 0.306 e. The molecule has 19 heavy (non-hydrogen) atoms. The highest BCUT2D eigenvalue weighted by molar-refractivity contribution is 5.67. The van der Waals surface area contributed by atoms with E-state index < -0.39 is 12.1 Å². The second-order valence-corrected chi connectivity index (χ2v) is 5.41. The summed E-state index contributed by atoms with van der Waals surface area (Å²) < 4.78 is 0. The smallest absolute Gasteiger partial charge is 0.306 e. The number of carboxylic acids is 1. The lowest BCUT2D eigenvalue weighted by Gasteiger charge is -2.20. The van der Waals surface area contributed by atoms with Crippen LogP contribution in [0.3, 0.4) is 0 Å². The molecule has 1 aromatic rings. The molecule has 1 unspecified atom stereocenters. The summed E-state index contributed by atoms with van der Waals surface area (Å²) in [6.45, 7) is 1.12. The molecule has 104 valence electrons. The molecule has 4 heteroatoms. The standard InChI is InChI=1S/C15H21NO3/c1-16(10-14(17)8-15(18)19)9-11-5-6-12-3-2-4-13(12)7-11/h5-7,14,17H,2-4,8-10H2,1H3,(H,18,19). The molecule has 0 radical (unpaired) electrons. The molecule has 4 nitrogen and oxygen atoms in total. The number of aliphatic hydroxyl groups excluding tert-OH is 1. The van der Waals surface area contributed by atoms with Crippen LogP contribution in [-0.2, 0) is 24.2 Å². The van der Waals surface area contributed by atoms with Crippen LogP contribution in [0.2, 0.25) is 0 Å². The van der Waals surface area contributed by atoms with Gasteiger partial charge < -0.3 is 10.2 Å². The van der Waals surface area contributed by atoms with E-state index in [1.807, 2.05) is 11.9 Å². The number of aryl methyl sites for hydroxylation is 2.